The van der Waals surface area contributed by atoms with Crippen LogP contribution in [0.25, 0.3) is 0 Å². The molecule has 374 valence electrons. The maximum absolute atomic E-state index is 12.8. The van der Waals surface area contributed by atoms with Crippen molar-refractivity contribution in [3.8, 4) is 0 Å². The van der Waals surface area contributed by atoms with Gasteiger partial charge in [0, 0.05) is 19.3 Å². The lowest BCUT2D eigenvalue weighted by molar-refractivity contribution is -0.167. The molecule has 0 fully saturated rings. The second-order valence-corrected chi connectivity index (χ2v) is 16.9. The molecule has 0 spiro atoms. The van der Waals surface area contributed by atoms with Gasteiger partial charge < -0.3 is 14.2 Å². The molecule has 67 heavy (non-hydrogen) atoms. The van der Waals surface area contributed by atoms with Crippen LogP contribution in [0.2, 0.25) is 0 Å². The Morgan fingerprint density at radius 1 is 0.313 bits per heavy atom. The first kappa shape index (κ1) is 62.3. The molecule has 0 saturated heterocycles. The molecule has 0 aromatic heterocycles. The molecular formula is C61H94O6. The van der Waals surface area contributed by atoms with Gasteiger partial charge in [-0.05, 0) is 83.5 Å². The highest BCUT2D eigenvalue weighted by molar-refractivity contribution is 5.71. The number of carbonyl (C=O) groups excluding carboxylic acids is 3. The Kier molecular flexibility index (Phi) is 50.1. The van der Waals surface area contributed by atoms with Crippen molar-refractivity contribution in [2.45, 2.75) is 207 Å². The Bertz CT molecular complexity index is 1530. The topological polar surface area (TPSA) is 78.9 Å². The van der Waals surface area contributed by atoms with E-state index >= 15 is 0 Å². The van der Waals surface area contributed by atoms with Crippen LogP contribution >= 0.6 is 0 Å². The minimum Gasteiger partial charge on any atom is -0.462 e. The lowest BCUT2D eigenvalue weighted by atomic mass is 10.1. The highest BCUT2D eigenvalue weighted by Gasteiger charge is 2.19. The van der Waals surface area contributed by atoms with Gasteiger partial charge in [0.15, 0.2) is 6.10 Å². The maximum atomic E-state index is 12.8. The fraction of sp³-hybridized carbons (Fsp3) is 0.557. The van der Waals surface area contributed by atoms with Gasteiger partial charge in [0.2, 0.25) is 0 Å². The van der Waals surface area contributed by atoms with Crippen molar-refractivity contribution in [2.24, 2.45) is 0 Å². The molecule has 6 nitrogen and oxygen atoms in total. The molecule has 0 amide bonds. The van der Waals surface area contributed by atoms with Gasteiger partial charge in [-0.1, -0.05) is 244 Å². The summed E-state index contributed by atoms with van der Waals surface area (Å²) in [5.74, 6) is -1.02. The van der Waals surface area contributed by atoms with Gasteiger partial charge in [-0.25, -0.2) is 0 Å². The van der Waals surface area contributed by atoms with E-state index in [0.717, 1.165) is 77.0 Å². The number of rotatable bonds is 45. The Balaban J connectivity index is 4.54. The van der Waals surface area contributed by atoms with Crippen molar-refractivity contribution < 1.29 is 28.6 Å². The van der Waals surface area contributed by atoms with Crippen molar-refractivity contribution in [1.82, 2.24) is 0 Å². The van der Waals surface area contributed by atoms with E-state index in [2.05, 4.69) is 69.4 Å². The molecule has 0 aliphatic carbocycles. The lowest BCUT2D eigenvalue weighted by Crippen LogP contribution is -2.30. The van der Waals surface area contributed by atoms with Crippen LogP contribution in [-0.4, -0.2) is 37.2 Å². The van der Waals surface area contributed by atoms with Crippen LogP contribution in [0.1, 0.15) is 201 Å². The van der Waals surface area contributed by atoms with Gasteiger partial charge in [0.05, 0.1) is 0 Å². The predicted molar refractivity (Wildman–Crippen MR) is 288 cm³/mol. The predicted octanol–water partition coefficient (Wildman–Crippen LogP) is 17.6. The average Bonchev–Trinajstić information content (AvgIpc) is 3.33. The largest absolute Gasteiger partial charge is 0.462 e. The third-order valence-electron chi connectivity index (χ3n) is 10.6. The van der Waals surface area contributed by atoms with E-state index in [0.29, 0.717) is 19.3 Å². The fourth-order valence-electron chi connectivity index (χ4n) is 6.65. The standard InChI is InChI=1S/C61H94O6/c1-4-7-10-13-16-19-22-25-28-29-30-31-34-36-39-42-45-48-51-54-60(63)66-57-58(67-61(64)55-52-49-46-43-40-37-33-27-24-21-18-15-12-9-6-3)56-65-59(62)53-50-47-44-41-38-35-32-26-23-20-17-14-11-8-5-2/h8-9,11-12,14-27,32-33,35,37-38,40,58H,4-7,10,13,28-31,34,36,39,41-57H2,1-3H3/b11-8-,12-9-,17-14-,18-15-,19-16-,23-20-,24-21-,25-22-,32-26-,33-27-,38-35-,40-37-. The summed E-state index contributed by atoms with van der Waals surface area (Å²) in [6.45, 7) is 6.23. The Labute approximate surface area is 410 Å². The summed E-state index contributed by atoms with van der Waals surface area (Å²) in [4.78, 5) is 38.0. The highest BCUT2D eigenvalue weighted by Crippen LogP contribution is 2.14. The van der Waals surface area contributed by atoms with Crippen molar-refractivity contribution in [2.75, 3.05) is 13.2 Å². The van der Waals surface area contributed by atoms with Crippen molar-refractivity contribution in [3.05, 3.63) is 146 Å². The summed E-state index contributed by atoms with van der Waals surface area (Å²) in [5.41, 5.74) is 0. The molecule has 0 saturated carbocycles. The van der Waals surface area contributed by atoms with E-state index in [9.17, 15) is 14.4 Å². The van der Waals surface area contributed by atoms with Crippen LogP contribution in [0.5, 0.6) is 0 Å². The third-order valence-corrected chi connectivity index (χ3v) is 10.6. The average molecular weight is 923 g/mol. The quantitative estimate of drug-likeness (QED) is 0.0262. The first-order valence-electron chi connectivity index (χ1n) is 26.5. The molecule has 1 atom stereocenters. The van der Waals surface area contributed by atoms with Crippen molar-refractivity contribution in [3.63, 3.8) is 0 Å². The van der Waals surface area contributed by atoms with Crippen molar-refractivity contribution in [1.29, 1.82) is 0 Å². The Hall–Kier alpha value is -4.71. The SMILES string of the molecule is CC\C=C/C=C\C=C/C=C\C=C/CCCCCC(=O)OCC(COC(=O)CCCCCCCCCCCC/C=C\C=C/CCCCC)OC(=O)CCCCC\C=C/C=C\C=C/C=C\C=C/CC. The number of hydrogen-bond acceptors (Lipinski definition) is 6. The molecule has 0 heterocycles. The summed E-state index contributed by atoms with van der Waals surface area (Å²) in [5, 5.41) is 0. The number of carbonyl (C=O) groups is 3. The molecule has 0 aliphatic rings. The van der Waals surface area contributed by atoms with E-state index in [-0.39, 0.29) is 37.5 Å². The van der Waals surface area contributed by atoms with E-state index in [1.165, 1.54) is 77.0 Å². The Morgan fingerprint density at radius 2 is 0.582 bits per heavy atom. The normalized spacial score (nSPS) is 13.3. The monoisotopic (exact) mass is 923 g/mol. The molecule has 0 N–H and O–H groups in total. The summed E-state index contributed by atoms with van der Waals surface area (Å²) in [6, 6.07) is 0. The van der Waals surface area contributed by atoms with Gasteiger partial charge in [-0.15, -0.1) is 0 Å². The molecule has 0 aliphatic heterocycles. The number of ether oxygens (including phenoxy) is 3. The molecule has 6 heteroatoms. The molecule has 0 bridgehead atoms. The van der Waals surface area contributed by atoms with Crippen LogP contribution in [0.15, 0.2) is 146 Å². The van der Waals surface area contributed by atoms with Crippen LogP contribution in [-0.2, 0) is 28.6 Å². The molecule has 0 aromatic rings. The van der Waals surface area contributed by atoms with E-state index < -0.39 is 6.10 Å². The number of allylic oxidation sites excluding steroid dienone is 24. The number of unbranched alkanes of at least 4 members (excludes halogenated alkanes) is 19. The first-order chi connectivity index (χ1) is 33.0. The minimum atomic E-state index is -0.826. The van der Waals surface area contributed by atoms with Gasteiger partial charge in [-0.2, -0.15) is 0 Å². The van der Waals surface area contributed by atoms with E-state index in [1.54, 1.807) is 0 Å². The molecule has 1 unspecified atom stereocenters. The third kappa shape index (κ3) is 52.1. The van der Waals surface area contributed by atoms with Gasteiger partial charge >= 0.3 is 17.9 Å². The molecule has 0 aromatic carbocycles. The van der Waals surface area contributed by atoms with Gasteiger partial charge in [0.1, 0.15) is 13.2 Å². The molecular weight excluding hydrogens is 829 g/mol. The summed E-state index contributed by atoms with van der Waals surface area (Å²) < 4.78 is 16.7. The maximum Gasteiger partial charge on any atom is 0.306 e. The fourth-order valence-corrected chi connectivity index (χ4v) is 6.65. The minimum absolute atomic E-state index is 0.117. The zero-order valence-electron chi connectivity index (χ0n) is 42.6. The van der Waals surface area contributed by atoms with Crippen LogP contribution in [0.3, 0.4) is 0 Å². The second-order valence-electron chi connectivity index (χ2n) is 16.9. The zero-order chi connectivity index (χ0) is 48.6. The second kappa shape index (κ2) is 53.9. The van der Waals surface area contributed by atoms with Gasteiger partial charge in [0.25, 0.3) is 0 Å². The summed E-state index contributed by atoms with van der Waals surface area (Å²) in [7, 11) is 0. The molecule has 0 radical (unpaired) electrons. The summed E-state index contributed by atoms with van der Waals surface area (Å²) >= 11 is 0. The Morgan fingerprint density at radius 3 is 0.940 bits per heavy atom. The zero-order valence-corrected chi connectivity index (χ0v) is 42.6. The van der Waals surface area contributed by atoms with E-state index in [4.69, 9.17) is 14.2 Å². The van der Waals surface area contributed by atoms with Crippen molar-refractivity contribution >= 4 is 17.9 Å². The van der Waals surface area contributed by atoms with E-state index in [1.807, 2.05) is 97.2 Å². The van der Waals surface area contributed by atoms with Crippen LogP contribution < -0.4 is 0 Å². The smallest absolute Gasteiger partial charge is 0.306 e. The lowest BCUT2D eigenvalue weighted by Gasteiger charge is -2.18. The highest BCUT2D eigenvalue weighted by atomic mass is 16.6. The van der Waals surface area contributed by atoms with Crippen LogP contribution in [0.4, 0.5) is 0 Å². The van der Waals surface area contributed by atoms with Gasteiger partial charge in [-0.3, -0.25) is 14.4 Å². The summed E-state index contributed by atoms with van der Waals surface area (Å²) in [6.07, 6.45) is 76.8. The number of esters is 3. The first-order valence-corrected chi connectivity index (χ1v) is 26.5. The molecule has 0 rings (SSSR count). The number of hydrogen-bond donors (Lipinski definition) is 0. The van der Waals surface area contributed by atoms with Crippen LogP contribution in [0, 0.1) is 0 Å².